The smallest absolute Gasteiger partial charge is 0.207 e. The zero-order valence-corrected chi connectivity index (χ0v) is 10.5. The van der Waals surface area contributed by atoms with Gasteiger partial charge < -0.3 is 0 Å². The predicted octanol–water partition coefficient (Wildman–Crippen LogP) is 2.51. The van der Waals surface area contributed by atoms with E-state index < -0.39 is 9.05 Å². The molecule has 15 heavy (non-hydrogen) atoms. The SMILES string of the molecule is N#Cc1c(CCl)ccc(S)c1S(=O)(=O)Cl. The second kappa shape index (κ2) is 4.62. The number of hydrogen-bond donors (Lipinski definition) is 1. The molecule has 0 bridgehead atoms. The summed E-state index contributed by atoms with van der Waals surface area (Å²) < 4.78 is 22.4. The van der Waals surface area contributed by atoms with Crippen molar-refractivity contribution in [3.63, 3.8) is 0 Å². The minimum absolute atomic E-state index is 0.0381. The number of nitrogens with zero attached hydrogens (tertiary/aromatic N) is 1. The molecule has 80 valence electrons. The van der Waals surface area contributed by atoms with E-state index >= 15 is 0 Å². The summed E-state index contributed by atoms with van der Waals surface area (Å²) in [5, 5.41) is 8.85. The van der Waals surface area contributed by atoms with Crippen molar-refractivity contribution >= 4 is 44.0 Å². The maximum atomic E-state index is 11.2. The van der Waals surface area contributed by atoms with Crippen molar-refractivity contribution in [2.75, 3.05) is 0 Å². The van der Waals surface area contributed by atoms with Gasteiger partial charge in [0.05, 0.1) is 5.56 Å². The van der Waals surface area contributed by atoms with Gasteiger partial charge in [-0.25, -0.2) is 8.42 Å². The van der Waals surface area contributed by atoms with E-state index in [-0.39, 0.29) is 21.2 Å². The van der Waals surface area contributed by atoms with Crippen molar-refractivity contribution in [1.29, 1.82) is 5.26 Å². The normalized spacial score (nSPS) is 11.1. The minimum Gasteiger partial charge on any atom is -0.207 e. The van der Waals surface area contributed by atoms with Crippen LogP contribution in [0, 0.1) is 11.3 Å². The van der Waals surface area contributed by atoms with Gasteiger partial charge in [0.15, 0.2) is 0 Å². The third-order valence-corrected chi connectivity index (χ3v) is 3.91. The second-order valence-corrected chi connectivity index (χ2v) is 5.88. The van der Waals surface area contributed by atoms with Crippen LogP contribution in [0.5, 0.6) is 0 Å². The average Bonchev–Trinajstić information content (AvgIpc) is 2.15. The van der Waals surface area contributed by atoms with Crippen molar-refractivity contribution in [3.05, 3.63) is 23.3 Å². The molecule has 0 saturated carbocycles. The molecule has 0 radical (unpaired) electrons. The first-order valence-corrected chi connectivity index (χ1v) is 6.96. The fraction of sp³-hybridized carbons (Fsp3) is 0.125. The molecule has 0 aliphatic carbocycles. The van der Waals surface area contributed by atoms with Crippen LogP contribution in [0.3, 0.4) is 0 Å². The number of hydrogen-bond acceptors (Lipinski definition) is 4. The predicted molar refractivity (Wildman–Crippen MR) is 61.0 cm³/mol. The molecule has 0 saturated heterocycles. The molecule has 0 N–H and O–H groups in total. The molecule has 0 unspecified atom stereocenters. The fourth-order valence-corrected chi connectivity index (χ4v) is 3.24. The maximum Gasteiger partial charge on any atom is 0.263 e. The fourth-order valence-electron chi connectivity index (χ4n) is 1.09. The lowest BCUT2D eigenvalue weighted by Crippen LogP contribution is -2.00. The molecule has 7 heteroatoms. The van der Waals surface area contributed by atoms with E-state index in [1.165, 1.54) is 6.07 Å². The molecule has 0 atom stereocenters. The topological polar surface area (TPSA) is 57.9 Å². The van der Waals surface area contributed by atoms with Crippen LogP contribution < -0.4 is 0 Å². The first kappa shape index (κ1) is 12.7. The summed E-state index contributed by atoms with van der Waals surface area (Å²) in [6.07, 6.45) is 0. The number of halogens is 2. The maximum absolute atomic E-state index is 11.2. The molecule has 1 aromatic carbocycles. The van der Waals surface area contributed by atoms with Crippen LogP contribution in [0.15, 0.2) is 21.9 Å². The standard InChI is InChI=1S/C8H5Cl2NO2S2/c9-3-5-1-2-7(14)8(6(5)4-11)15(10,12)13/h1-2,14H,3H2. The van der Waals surface area contributed by atoms with Gasteiger partial charge in [0.2, 0.25) is 0 Å². The lowest BCUT2D eigenvalue weighted by Gasteiger charge is -2.06. The summed E-state index contributed by atoms with van der Waals surface area (Å²) in [4.78, 5) is -0.149. The van der Waals surface area contributed by atoms with Gasteiger partial charge in [0.1, 0.15) is 11.0 Å². The van der Waals surface area contributed by atoms with Gasteiger partial charge in [-0.2, -0.15) is 5.26 Å². The molecular formula is C8H5Cl2NO2S2. The molecular weight excluding hydrogens is 277 g/mol. The molecule has 3 nitrogen and oxygen atoms in total. The highest BCUT2D eigenvalue weighted by atomic mass is 35.7. The zero-order chi connectivity index (χ0) is 11.6. The Morgan fingerprint density at radius 2 is 2.07 bits per heavy atom. The van der Waals surface area contributed by atoms with E-state index in [0.29, 0.717) is 5.56 Å². The third-order valence-electron chi connectivity index (χ3n) is 1.72. The Hall–Kier alpha value is -0.410. The Labute approximate surface area is 102 Å². The van der Waals surface area contributed by atoms with Gasteiger partial charge in [-0.3, -0.25) is 0 Å². The van der Waals surface area contributed by atoms with Crippen molar-refractivity contribution in [1.82, 2.24) is 0 Å². The largest absolute Gasteiger partial charge is 0.263 e. The zero-order valence-electron chi connectivity index (χ0n) is 7.24. The van der Waals surface area contributed by atoms with E-state index in [9.17, 15) is 8.42 Å². The average molecular weight is 282 g/mol. The van der Waals surface area contributed by atoms with Crippen LogP contribution in [0.25, 0.3) is 0 Å². The van der Waals surface area contributed by atoms with Gasteiger partial charge in [-0.05, 0) is 11.6 Å². The molecule has 0 spiro atoms. The van der Waals surface area contributed by atoms with Crippen LogP contribution in [0.4, 0.5) is 0 Å². The summed E-state index contributed by atoms with van der Waals surface area (Å²) in [5.74, 6) is 0.0381. The number of nitriles is 1. The summed E-state index contributed by atoms with van der Waals surface area (Å²) in [6.45, 7) is 0. The Bertz CT molecular complexity index is 534. The van der Waals surface area contributed by atoms with Crippen LogP contribution in [0.1, 0.15) is 11.1 Å². The number of rotatable bonds is 2. The minimum atomic E-state index is -3.99. The second-order valence-electron chi connectivity index (χ2n) is 2.63. The highest BCUT2D eigenvalue weighted by Crippen LogP contribution is 2.29. The molecule has 1 aromatic rings. The summed E-state index contributed by atoms with van der Waals surface area (Å²) in [6, 6.07) is 4.75. The number of benzene rings is 1. The lowest BCUT2D eigenvalue weighted by molar-refractivity contribution is 0.607. The summed E-state index contributed by atoms with van der Waals surface area (Å²) >= 11 is 9.51. The van der Waals surface area contributed by atoms with Crippen molar-refractivity contribution in [2.45, 2.75) is 15.7 Å². The van der Waals surface area contributed by atoms with Gasteiger partial charge >= 0.3 is 0 Å². The quantitative estimate of drug-likeness (QED) is 0.515. The van der Waals surface area contributed by atoms with E-state index in [0.717, 1.165) is 0 Å². The van der Waals surface area contributed by atoms with Gasteiger partial charge in [0.25, 0.3) is 9.05 Å². The Balaban J connectivity index is 3.71. The number of thiol groups is 1. The van der Waals surface area contributed by atoms with Crippen LogP contribution in [-0.4, -0.2) is 8.42 Å². The van der Waals surface area contributed by atoms with Gasteiger partial charge in [0, 0.05) is 21.5 Å². The highest BCUT2D eigenvalue weighted by Gasteiger charge is 2.21. The lowest BCUT2D eigenvalue weighted by atomic mass is 10.1. The first-order chi connectivity index (χ1) is 6.91. The van der Waals surface area contributed by atoms with Gasteiger partial charge in [-0.15, -0.1) is 24.2 Å². The summed E-state index contributed by atoms with van der Waals surface area (Å²) in [5.41, 5.74) is 0.365. The Morgan fingerprint density at radius 1 is 1.47 bits per heavy atom. The van der Waals surface area contributed by atoms with E-state index in [4.69, 9.17) is 27.5 Å². The van der Waals surface area contributed by atoms with E-state index in [1.807, 2.05) is 0 Å². The summed E-state index contributed by atoms with van der Waals surface area (Å²) in [7, 11) is 1.21. The molecule has 0 aliphatic heterocycles. The first-order valence-electron chi connectivity index (χ1n) is 3.67. The molecule has 0 amide bonds. The Kier molecular flexibility index (Phi) is 3.90. The number of alkyl halides is 1. The Morgan fingerprint density at radius 3 is 2.47 bits per heavy atom. The molecule has 1 rings (SSSR count). The van der Waals surface area contributed by atoms with Crippen molar-refractivity contribution in [2.24, 2.45) is 0 Å². The highest BCUT2D eigenvalue weighted by molar-refractivity contribution is 8.14. The molecule has 0 aromatic heterocycles. The molecule has 0 heterocycles. The van der Waals surface area contributed by atoms with Crippen molar-refractivity contribution in [3.8, 4) is 6.07 Å². The van der Waals surface area contributed by atoms with E-state index in [1.54, 1.807) is 12.1 Å². The van der Waals surface area contributed by atoms with E-state index in [2.05, 4.69) is 12.6 Å². The molecule has 0 aliphatic rings. The van der Waals surface area contributed by atoms with Crippen LogP contribution >= 0.6 is 34.9 Å². The van der Waals surface area contributed by atoms with Crippen LogP contribution in [-0.2, 0) is 14.9 Å². The van der Waals surface area contributed by atoms with Crippen molar-refractivity contribution < 1.29 is 8.42 Å². The monoisotopic (exact) mass is 281 g/mol. The van der Waals surface area contributed by atoms with Crippen LogP contribution in [0.2, 0.25) is 0 Å². The molecule has 0 fully saturated rings. The third kappa shape index (κ3) is 2.58. The van der Waals surface area contributed by atoms with Gasteiger partial charge in [-0.1, -0.05) is 6.07 Å².